The number of ketones is 1. The van der Waals surface area contributed by atoms with Gasteiger partial charge in [0, 0.05) is 24.0 Å². The van der Waals surface area contributed by atoms with E-state index in [2.05, 4.69) is 10.2 Å². The van der Waals surface area contributed by atoms with Crippen LogP contribution in [-0.2, 0) is 9.59 Å². The van der Waals surface area contributed by atoms with Gasteiger partial charge in [-0.25, -0.2) is 5.01 Å². The summed E-state index contributed by atoms with van der Waals surface area (Å²) in [6.45, 7) is 3.93. The van der Waals surface area contributed by atoms with E-state index >= 15 is 0 Å². The molecule has 0 atom stereocenters. The molecule has 7 nitrogen and oxygen atoms in total. The molecule has 1 amide bonds. The predicted molar refractivity (Wildman–Crippen MR) is 129 cm³/mol. The van der Waals surface area contributed by atoms with E-state index in [1.165, 1.54) is 11.8 Å². The summed E-state index contributed by atoms with van der Waals surface area (Å²) in [4.78, 5) is 27.3. The van der Waals surface area contributed by atoms with Crippen LogP contribution in [0.5, 0.6) is 5.75 Å². The Hall–Kier alpha value is -3.39. The topological polar surface area (TPSA) is 77.3 Å². The van der Waals surface area contributed by atoms with Gasteiger partial charge >= 0.3 is 0 Å². The largest absolute Gasteiger partial charge is 0.497 e. The Labute approximate surface area is 197 Å². The number of hydrogen-bond acceptors (Lipinski definition) is 6. The van der Waals surface area contributed by atoms with E-state index in [1.54, 1.807) is 16.8 Å². The maximum Gasteiger partial charge on any atom is 0.246 e. The van der Waals surface area contributed by atoms with Gasteiger partial charge in [0.05, 0.1) is 17.7 Å². The fourth-order valence-corrected chi connectivity index (χ4v) is 4.74. The lowest BCUT2D eigenvalue weighted by Gasteiger charge is -2.33. The van der Waals surface area contributed by atoms with Gasteiger partial charge in [-0.3, -0.25) is 9.59 Å². The molecule has 0 fully saturated rings. The fraction of sp³-hybridized carbons (Fsp3) is 0.280. The van der Waals surface area contributed by atoms with Gasteiger partial charge < -0.3 is 4.74 Å². The highest BCUT2D eigenvalue weighted by Gasteiger charge is 2.36. The van der Waals surface area contributed by atoms with Crippen molar-refractivity contribution in [3.8, 4) is 17.1 Å². The van der Waals surface area contributed by atoms with Gasteiger partial charge in [0.1, 0.15) is 5.75 Å². The number of benzene rings is 2. The zero-order valence-corrected chi connectivity index (χ0v) is 19.8. The molecule has 3 aromatic rings. The highest BCUT2D eigenvalue weighted by Crippen LogP contribution is 2.42. The van der Waals surface area contributed by atoms with E-state index in [0.29, 0.717) is 53.0 Å². The summed E-state index contributed by atoms with van der Waals surface area (Å²) in [5, 5.41) is 10.8. The summed E-state index contributed by atoms with van der Waals surface area (Å²) in [7, 11) is 1.60. The molecular formula is C25H26N4O3S. The maximum atomic E-state index is 13.5. The molecule has 0 bridgehead atoms. The lowest BCUT2D eigenvalue weighted by molar-refractivity contribution is -0.119. The van der Waals surface area contributed by atoms with Gasteiger partial charge in [-0.2, -0.15) is 4.68 Å². The molecule has 4 rings (SSSR count). The second-order valence-electron chi connectivity index (χ2n) is 7.62. The Balaban J connectivity index is 1.96. The number of methoxy groups -OCH3 is 1. The SMILES string of the molecule is CCCC(=O)C1=C(c2ccc(OC)cc2)N(C(=O)CCC)n2c(nnc2-c2ccccc2)S1. The number of carbonyl (C=O) groups excluding carboxylic acids is 2. The molecule has 1 aliphatic rings. The van der Waals surface area contributed by atoms with E-state index in [-0.39, 0.29) is 11.7 Å². The van der Waals surface area contributed by atoms with Crippen LogP contribution in [0.15, 0.2) is 64.7 Å². The molecule has 1 aromatic heterocycles. The Morgan fingerprint density at radius 3 is 2.24 bits per heavy atom. The Bertz CT molecular complexity index is 1190. The molecule has 170 valence electrons. The van der Waals surface area contributed by atoms with Crippen molar-refractivity contribution in [1.82, 2.24) is 14.9 Å². The normalized spacial score (nSPS) is 13.1. The Morgan fingerprint density at radius 2 is 1.61 bits per heavy atom. The smallest absolute Gasteiger partial charge is 0.246 e. The summed E-state index contributed by atoms with van der Waals surface area (Å²) in [6.07, 6.45) is 2.10. The van der Waals surface area contributed by atoms with E-state index in [0.717, 1.165) is 11.1 Å². The molecule has 0 radical (unpaired) electrons. The van der Waals surface area contributed by atoms with Crippen molar-refractivity contribution in [3.63, 3.8) is 0 Å². The first-order valence-electron chi connectivity index (χ1n) is 11.0. The van der Waals surface area contributed by atoms with Crippen LogP contribution in [0, 0.1) is 0 Å². The average Bonchev–Trinajstić information content (AvgIpc) is 3.27. The summed E-state index contributed by atoms with van der Waals surface area (Å²) in [6, 6.07) is 17.0. The van der Waals surface area contributed by atoms with Crippen LogP contribution < -0.4 is 9.75 Å². The van der Waals surface area contributed by atoms with Crippen LogP contribution in [0.4, 0.5) is 0 Å². The van der Waals surface area contributed by atoms with Crippen LogP contribution in [-0.4, -0.2) is 33.7 Å². The van der Waals surface area contributed by atoms with Gasteiger partial charge in [0.2, 0.25) is 11.1 Å². The van der Waals surface area contributed by atoms with Crippen LogP contribution in [0.2, 0.25) is 0 Å². The number of fused-ring (bicyclic) bond motifs is 1. The number of amides is 1. The summed E-state index contributed by atoms with van der Waals surface area (Å²) in [5.74, 6) is 1.11. The molecule has 8 heteroatoms. The van der Waals surface area contributed by atoms with Crippen molar-refractivity contribution in [3.05, 3.63) is 65.1 Å². The molecule has 0 aliphatic carbocycles. The van der Waals surface area contributed by atoms with Crippen molar-refractivity contribution in [2.24, 2.45) is 0 Å². The van der Waals surface area contributed by atoms with Crippen molar-refractivity contribution in [1.29, 1.82) is 0 Å². The number of nitrogens with zero attached hydrogens (tertiary/aromatic N) is 4. The average molecular weight is 463 g/mol. The number of carbonyl (C=O) groups is 2. The molecule has 2 aromatic carbocycles. The fourth-order valence-electron chi connectivity index (χ4n) is 3.70. The van der Waals surface area contributed by atoms with E-state index in [9.17, 15) is 9.59 Å². The van der Waals surface area contributed by atoms with Gasteiger partial charge in [-0.05, 0) is 48.9 Å². The maximum absolute atomic E-state index is 13.5. The van der Waals surface area contributed by atoms with Crippen LogP contribution in [0.1, 0.15) is 45.1 Å². The zero-order valence-electron chi connectivity index (χ0n) is 18.9. The molecule has 0 spiro atoms. The number of rotatable bonds is 8. The van der Waals surface area contributed by atoms with Crippen LogP contribution in [0.25, 0.3) is 17.1 Å². The monoisotopic (exact) mass is 462 g/mol. The zero-order chi connectivity index (χ0) is 23.4. The molecular weight excluding hydrogens is 436 g/mol. The summed E-state index contributed by atoms with van der Waals surface area (Å²) >= 11 is 1.27. The minimum atomic E-state index is -0.122. The number of hydrogen-bond donors (Lipinski definition) is 0. The van der Waals surface area contributed by atoms with Crippen molar-refractivity contribution in [2.75, 3.05) is 12.1 Å². The van der Waals surface area contributed by atoms with Crippen LogP contribution >= 0.6 is 11.8 Å². The first-order valence-corrected chi connectivity index (χ1v) is 11.8. The first-order chi connectivity index (χ1) is 16.1. The molecule has 33 heavy (non-hydrogen) atoms. The third-order valence-electron chi connectivity index (χ3n) is 5.26. The quantitative estimate of drug-likeness (QED) is 0.466. The third-order valence-corrected chi connectivity index (χ3v) is 6.32. The van der Waals surface area contributed by atoms with Crippen molar-refractivity contribution < 1.29 is 14.3 Å². The molecule has 0 saturated carbocycles. The van der Waals surface area contributed by atoms with Gasteiger partial charge in [-0.1, -0.05) is 44.2 Å². The number of aromatic nitrogens is 3. The standard InChI is InChI=1S/C25H26N4O3S/c1-4-9-20(30)23-22(17-13-15-19(32-3)16-14-17)28(21(31)10-5-2)29-24(26-27-25(29)33-23)18-11-7-6-8-12-18/h6-8,11-16H,4-5,9-10H2,1-3H3. The van der Waals surface area contributed by atoms with Gasteiger partial charge in [0.15, 0.2) is 11.6 Å². The van der Waals surface area contributed by atoms with E-state index in [1.807, 2.05) is 68.4 Å². The Morgan fingerprint density at radius 1 is 0.909 bits per heavy atom. The predicted octanol–water partition coefficient (Wildman–Crippen LogP) is 5.06. The van der Waals surface area contributed by atoms with E-state index in [4.69, 9.17) is 4.74 Å². The minimum Gasteiger partial charge on any atom is -0.497 e. The number of thioether (sulfide) groups is 1. The van der Waals surface area contributed by atoms with Crippen molar-refractivity contribution in [2.45, 2.75) is 44.7 Å². The number of ether oxygens (including phenoxy) is 1. The Kier molecular flexibility index (Phi) is 6.93. The highest BCUT2D eigenvalue weighted by atomic mass is 32.2. The molecule has 0 N–H and O–H groups in total. The number of allylic oxidation sites excluding steroid dienone is 1. The molecule has 0 saturated heterocycles. The lowest BCUT2D eigenvalue weighted by atomic mass is 10.1. The van der Waals surface area contributed by atoms with Crippen LogP contribution in [0.3, 0.4) is 0 Å². The number of Topliss-reactive ketones (excluding diaryl/α,β-unsaturated/α-hetero) is 1. The second-order valence-corrected chi connectivity index (χ2v) is 8.60. The first kappa shape index (κ1) is 22.8. The highest BCUT2D eigenvalue weighted by molar-refractivity contribution is 8.04. The summed E-state index contributed by atoms with van der Waals surface area (Å²) in [5.41, 5.74) is 2.15. The molecule has 2 heterocycles. The lowest BCUT2D eigenvalue weighted by Crippen LogP contribution is -2.42. The van der Waals surface area contributed by atoms with E-state index < -0.39 is 0 Å². The molecule has 0 unspecified atom stereocenters. The third kappa shape index (κ3) is 4.43. The van der Waals surface area contributed by atoms with Crippen molar-refractivity contribution >= 4 is 29.1 Å². The molecule has 1 aliphatic heterocycles. The van der Waals surface area contributed by atoms with Gasteiger partial charge in [0.25, 0.3) is 0 Å². The summed E-state index contributed by atoms with van der Waals surface area (Å²) < 4.78 is 7.05. The van der Waals surface area contributed by atoms with Gasteiger partial charge in [-0.15, -0.1) is 10.2 Å². The second kappa shape index (κ2) is 10.0. The minimum absolute atomic E-state index is 0.0156.